The van der Waals surface area contributed by atoms with Crippen molar-refractivity contribution in [3.63, 3.8) is 0 Å². The van der Waals surface area contributed by atoms with Crippen LogP contribution in [0.4, 0.5) is 0 Å². The molecule has 3 rings (SSSR count). The van der Waals surface area contributed by atoms with E-state index in [2.05, 4.69) is 20.4 Å². The molecular weight excluding hydrogens is 248 g/mol. The minimum atomic E-state index is -0.0907. The molecule has 1 heterocycles. The summed E-state index contributed by atoms with van der Waals surface area (Å²) in [6.45, 7) is 8.33. The molecule has 2 aliphatic rings. The van der Waals surface area contributed by atoms with Gasteiger partial charge in [0.05, 0.1) is 0 Å². The lowest BCUT2D eigenvalue weighted by atomic mass is 9.78. The molecule has 0 N–H and O–H groups in total. The first-order valence-corrected chi connectivity index (χ1v) is 7.37. The SMILES string of the molecule is C=C1C(=O)c2ccccc2C2=C1CCC(CC)(CC)O2. The van der Waals surface area contributed by atoms with Gasteiger partial charge in [0.2, 0.25) is 0 Å². The summed E-state index contributed by atoms with van der Waals surface area (Å²) in [5.74, 6) is 0.934. The van der Waals surface area contributed by atoms with E-state index in [9.17, 15) is 4.79 Å². The average Bonchev–Trinajstić information content (AvgIpc) is 2.52. The van der Waals surface area contributed by atoms with Gasteiger partial charge in [0.15, 0.2) is 5.78 Å². The van der Waals surface area contributed by atoms with Crippen molar-refractivity contribution in [2.24, 2.45) is 0 Å². The highest BCUT2D eigenvalue weighted by atomic mass is 16.5. The maximum atomic E-state index is 12.4. The molecule has 0 saturated carbocycles. The quantitative estimate of drug-likeness (QED) is 0.737. The van der Waals surface area contributed by atoms with Crippen molar-refractivity contribution in [3.8, 4) is 0 Å². The molecule has 1 aliphatic heterocycles. The van der Waals surface area contributed by atoms with Crippen LogP contribution in [0.15, 0.2) is 42.0 Å². The maximum absolute atomic E-state index is 12.4. The number of hydrogen-bond donors (Lipinski definition) is 0. The van der Waals surface area contributed by atoms with Gasteiger partial charge < -0.3 is 4.74 Å². The molecule has 0 saturated heterocycles. The van der Waals surface area contributed by atoms with E-state index < -0.39 is 0 Å². The Bertz CT molecular complexity index is 618. The molecule has 2 nitrogen and oxygen atoms in total. The standard InChI is InChI=1S/C18H20O2/c1-4-18(5-2)11-10-13-12(3)16(19)14-8-6-7-9-15(14)17(13)20-18/h6-9H,3-5,10-11H2,1-2H3. The summed E-state index contributed by atoms with van der Waals surface area (Å²) in [7, 11) is 0. The summed E-state index contributed by atoms with van der Waals surface area (Å²) in [5.41, 5.74) is 3.18. The Morgan fingerprint density at radius 2 is 1.85 bits per heavy atom. The van der Waals surface area contributed by atoms with E-state index in [-0.39, 0.29) is 11.4 Å². The second-order valence-electron chi connectivity index (χ2n) is 5.65. The molecule has 0 radical (unpaired) electrons. The van der Waals surface area contributed by atoms with E-state index >= 15 is 0 Å². The van der Waals surface area contributed by atoms with Crippen LogP contribution in [0, 0.1) is 0 Å². The smallest absolute Gasteiger partial charge is 0.193 e. The molecule has 1 aliphatic carbocycles. The van der Waals surface area contributed by atoms with E-state index in [1.807, 2.05) is 24.3 Å². The Kier molecular flexibility index (Phi) is 3.04. The van der Waals surface area contributed by atoms with E-state index in [0.29, 0.717) is 5.57 Å². The summed E-state index contributed by atoms with van der Waals surface area (Å²) in [6.07, 6.45) is 3.83. The monoisotopic (exact) mass is 268 g/mol. The van der Waals surface area contributed by atoms with Crippen LogP contribution in [0.2, 0.25) is 0 Å². The predicted octanol–water partition coefficient (Wildman–Crippen LogP) is 4.52. The summed E-state index contributed by atoms with van der Waals surface area (Å²) < 4.78 is 6.39. The highest BCUT2D eigenvalue weighted by Gasteiger charge is 2.39. The van der Waals surface area contributed by atoms with Gasteiger partial charge in [-0.3, -0.25) is 4.79 Å². The van der Waals surface area contributed by atoms with Crippen LogP contribution < -0.4 is 0 Å². The van der Waals surface area contributed by atoms with Gasteiger partial charge in [-0.2, -0.15) is 0 Å². The number of hydrogen-bond acceptors (Lipinski definition) is 2. The van der Waals surface area contributed by atoms with Gasteiger partial charge in [0.25, 0.3) is 0 Å². The Morgan fingerprint density at radius 3 is 2.50 bits per heavy atom. The van der Waals surface area contributed by atoms with Crippen molar-refractivity contribution in [3.05, 3.63) is 53.1 Å². The van der Waals surface area contributed by atoms with Crippen molar-refractivity contribution < 1.29 is 9.53 Å². The third kappa shape index (κ3) is 1.75. The minimum Gasteiger partial charge on any atom is -0.486 e. The summed E-state index contributed by atoms with van der Waals surface area (Å²) in [5, 5.41) is 0. The van der Waals surface area contributed by atoms with Gasteiger partial charge >= 0.3 is 0 Å². The number of fused-ring (bicyclic) bond motifs is 2. The molecule has 2 heteroatoms. The highest BCUT2D eigenvalue weighted by Crippen LogP contribution is 2.46. The van der Waals surface area contributed by atoms with Gasteiger partial charge in [-0.1, -0.05) is 44.7 Å². The largest absolute Gasteiger partial charge is 0.486 e. The van der Waals surface area contributed by atoms with E-state index in [1.165, 1.54) is 0 Å². The van der Waals surface area contributed by atoms with E-state index in [4.69, 9.17) is 4.74 Å². The van der Waals surface area contributed by atoms with Crippen molar-refractivity contribution in [2.75, 3.05) is 0 Å². The lowest BCUT2D eigenvalue weighted by molar-refractivity contribution is 0.0123. The maximum Gasteiger partial charge on any atom is 0.193 e. The number of allylic oxidation sites excluding steroid dienone is 2. The second kappa shape index (κ2) is 4.62. The van der Waals surface area contributed by atoms with Crippen LogP contribution in [-0.4, -0.2) is 11.4 Å². The van der Waals surface area contributed by atoms with Crippen LogP contribution in [0.25, 0.3) is 5.76 Å². The van der Waals surface area contributed by atoms with Gasteiger partial charge in [0, 0.05) is 22.3 Å². The van der Waals surface area contributed by atoms with Crippen LogP contribution in [0.1, 0.15) is 55.5 Å². The minimum absolute atomic E-state index is 0.0449. The van der Waals surface area contributed by atoms with Crippen molar-refractivity contribution >= 4 is 11.5 Å². The molecule has 1 aromatic carbocycles. The average molecular weight is 268 g/mol. The van der Waals surface area contributed by atoms with Gasteiger partial charge in [-0.05, 0) is 25.7 Å². The van der Waals surface area contributed by atoms with Crippen LogP contribution in [-0.2, 0) is 4.74 Å². The molecule has 20 heavy (non-hydrogen) atoms. The fourth-order valence-corrected chi connectivity index (χ4v) is 3.23. The third-order valence-electron chi connectivity index (χ3n) is 4.77. The van der Waals surface area contributed by atoms with Gasteiger partial charge in [-0.15, -0.1) is 0 Å². The Labute approximate surface area is 120 Å². The van der Waals surface area contributed by atoms with Gasteiger partial charge in [-0.25, -0.2) is 0 Å². The summed E-state index contributed by atoms with van der Waals surface area (Å²) in [4.78, 5) is 12.4. The molecular formula is C18H20O2. The van der Waals surface area contributed by atoms with E-state index in [0.717, 1.165) is 48.1 Å². The van der Waals surface area contributed by atoms with Crippen LogP contribution in [0.3, 0.4) is 0 Å². The molecule has 104 valence electrons. The first kappa shape index (κ1) is 13.2. The Hall–Kier alpha value is -1.83. The zero-order valence-electron chi connectivity index (χ0n) is 12.2. The molecule has 0 spiro atoms. The number of carbonyl (C=O) groups excluding carboxylic acids is 1. The second-order valence-corrected chi connectivity index (χ2v) is 5.65. The molecule has 0 amide bonds. The first-order valence-electron chi connectivity index (χ1n) is 7.37. The fraction of sp³-hybridized carbons (Fsp3) is 0.389. The predicted molar refractivity (Wildman–Crippen MR) is 80.5 cm³/mol. The molecule has 0 aromatic heterocycles. The van der Waals surface area contributed by atoms with Gasteiger partial charge in [0.1, 0.15) is 11.4 Å². The number of carbonyl (C=O) groups is 1. The van der Waals surface area contributed by atoms with E-state index in [1.54, 1.807) is 0 Å². The summed E-state index contributed by atoms with van der Waals surface area (Å²) >= 11 is 0. The summed E-state index contributed by atoms with van der Waals surface area (Å²) in [6, 6.07) is 7.70. The molecule has 1 aromatic rings. The van der Waals surface area contributed by atoms with Crippen molar-refractivity contribution in [1.29, 1.82) is 0 Å². The zero-order valence-corrected chi connectivity index (χ0v) is 12.2. The fourth-order valence-electron chi connectivity index (χ4n) is 3.23. The lowest BCUT2D eigenvalue weighted by Gasteiger charge is -2.41. The molecule has 0 bridgehead atoms. The number of Topliss-reactive ketones (excluding diaryl/α,β-unsaturated/α-hetero) is 1. The lowest BCUT2D eigenvalue weighted by Crippen LogP contribution is -2.36. The highest BCUT2D eigenvalue weighted by molar-refractivity contribution is 6.17. The van der Waals surface area contributed by atoms with Crippen LogP contribution >= 0.6 is 0 Å². The molecule has 0 atom stereocenters. The van der Waals surface area contributed by atoms with Crippen molar-refractivity contribution in [2.45, 2.75) is 45.1 Å². The number of benzene rings is 1. The normalized spacial score (nSPS) is 20.3. The molecule has 0 unspecified atom stereocenters. The number of ketones is 1. The number of rotatable bonds is 2. The van der Waals surface area contributed by atoms with Crippen molar-refractivity contribution in [1.82, 2.24) is 0 Å². The third-order valence-corrected chi connectivity index (χ3v) is 4.77. The Balaban J connectivity index is 2.15. The molecule has 0 fully saturated rings. The Morgan fingerprint density at radius 1 is 1.20 bits per heavy atom. The topological polar surface area (TPSA) is 26.3 Å². The number of ether oxygens (including phenoxy) is 1. The first-order chi connectivity index (χ1) is 9.62. The zero-order chi connectivity index (χ0) is 14.3. The van der Waals surface area contributed by atoms with Crippen LogP contribution in [0.5, 0.6) is 0 Å².